The van der Waals surface area contributed by atoms with E-state index in [4.69, 9.17) is 23.8 Å². The van der Waals surface area contributed by atoms with E-state index in [0.717, 1.165) is 37.0 Å². The second-order valence-electron chi connectivity index (χ2n) is 6.45. The molecule has 5 heteroatoms. The highest BCUT2D eigenvalue weighted by atomic mass is 35.5. The Labute approximate surface area is 144 Å². The van der Waals surface area contributed by atoms with E-state index in [0.29, 0.717) is 10.1 Å². The Kier molecular flexibility index (Phi) is 6.93. The number of halogens is 1. The Morgan fingerprint density at radius 3 is 2.73 bits per heavy atom. The first-order chi connectivity index (χ1) is 10.5. The van der Waals surface area contributed by atoms with Crippen LogP contribution in [0.1, 0.15) is 26.7 Å². The minimum atomic E-state index is 0.655. The van der Waals surface area contributed by atoms with Crippen molar-refractivity contribution >= 4 is 34.6 Å². The molecular formula is C17H26ClN3S. The zero-order valence-corrected chi connectivity index (χ0v) is 15.0. The number of nitrogens with one attached hydrogen (secondary N) is 2. The molecule has 22 heavy (non-hydrogen) atoms. The van der Waals surface area contributed by atoms with E-state index in [1.807, 2.05) is 24.3 Å². The van der Waals surface area contributed by atoms with Gasteiger partial charge in [-0.05, 0) is 61.6 Å². The summed E-state index contributed by atoms with van der Waals surface area (Å²) in [5, 5.41) is 7.79. The van der Waals surface area contributed by atoms with Gasteiger partial charge in [-0.1, -0.05) is 31.5 Å². The molecule has 2 atom stereocenters. The average Bonchev–Trinajstić information content (AvgIpc) is 2.42. The van der Waals surface area contributed by atoms with Gasteiger partial charge in [0.1, 0.15) is 0 Å². The number of piperidine rings is 1. The summed E-state index contributed by atoms with van der Waals surface area (Å²) in [6.07, 6.45) is 2.47. The van der Waals surface area contributed by atoms with Gasteiger partial charge in [0.25, 0.3) is 0 Å². The van der Waals surface area contributed by atoms with Gasteiger partial charge in [0, 0.05) is 30.3 Å². The molecule has 0 spiro atoms. The summed E-state index contributed by atoms with van der Waals surface area (Å²) in [4.78, 5) is 2.58. The van der Waals surface area contributed by atoms with E-state index in [1.54, 1.807) is 0 Å². The molecule has 0 radical (unpaired) electrons. The first kappa shape index (κ1) is 17.5. The third-order valence-electron chi connectivity index (χ3n) is 3.96. The smallest absolute Gasteiger partial charge is 0.170 e. The van der Waals surface area contributed by atoms with E-state index in [2.05, 4.69) is 29.4 Å². The van der Waals surface area contributed by atoms with Crippen molar-refractivity contribution in [3.05, 3.63) is 29.3 Å². The molecule has 0 aliphatic carbocycles. The predicted molar refractivity (Wildman–Crippen MR) is 99.7 cm³/mol. The first-order valence-electron chi connectivity index (χ1n) is 8.05. The number of thiocarbonyl (C=S) groups is 1. The monoisotopic (exact) mass is 339 g/mol. The zero-order valence-electron chi connectivity index (χ0n) is 13.4. The lowest BCUT2D eigenvalue weighted by molar-refractivity contribution is 0.140. The molecule has 0 saturated carbocycles. The number of likely N-dealkylation sites (tertiary alicyclic amines) is 1. The van der Waals surface area contributed by atoms with Crippen LogP contribution in [-0.2, 0) is 0 Å². The Morgan fingerprint density at radius 2 is 2.05 bits per heavy atom. The van der Waals surface area contributed by atoms with Crippen molar-refractivity contribution in [2.24, 2.45) is 11.8 Å². The van der Waals surface area contributed by atoms with Gasteiger partial charge in [0.15, 0.2) is 5.11 Å². The predicted octanol–water partition coefficient (Wildman–Crippen LogP) is 3.99. The minimum Gasteiger partial charge on any atom is -0.362 e. The maximum absolute atomic E-state index is 5.96. The number of nitrogens with zero attached hydrogens (tertiary/aromatic N) is 1. The van der Waals surface area contributed by atoms with E-state index >= 15 is 0 Å². The Morgan fingerprint density at radius 1 is 1.32 bits per heavy atom. The summed E-state index contributed by atoms with van der Waals surface area (Å²) < 4.78 is 0. The number of hydrogen-bond acceptors (Lipinski definition) is 2. The van der Waals surface area contributed by atoms with Gasteiger partial charge in [0.05, 0.1) is 0 Å². The molecule has 1 heterocycles. The molecule has 2 N–H and O–H groups in total. The molecule has 1 saturated heterocycles. The van der Waals surface area contributed by atoms with E-state index in [-0.39, 0.29) is 0 Å². The highest BCUT2D eigenvalue weighted by molar-refractivity contribution is 7.80. The average molecular weight is 340 g/mol. The third kappa shape index (κ3) is 6.11. The van der Waals surface area contributed by atoms with Crippen LogP contribution >= 0.6 is 23.8 Å². The van der Waals surface area contributed by atoms with Crippen molar-refractivity contribution in [3.8, 4) is 0 Å². The molecule has 2 unspecified atom stereocenters. The molecule has 1 aliphatic heterocycles. The van der Waals surface area contributed by atoms with Gasteiger partial charge in [0.2, 0.25) is 0 Å². The molecule has 1 aliphatic rings. The van der Waals surface area contributed by atoms with Gasteiger partial charge in [-0.3, -0.25) is 0 Å². The van der Waals surface area contributed by atoms with E-state index in [1.165, 1.54) is 19.5 Å². The van der Waals surface area contributed by atoms with Crippen LogP contribution in [0.2, 0.25) is 5.02 Å². The first-order valence-corrected chi connectivity index (χ1v) is 8.84. The number of rotatable bonds is 5. The quantitative estimate of drug-likeness (QED) is 0.626. The van der Waals surface area contributed by atoms with Crippen molar-refractivity contribution < 1.29 is 0 Å². The lowest BCUT2D eigenvalue weighted by Crippen LogP contribution is -2.40. The van der Waals surface area contributed by atoms with Crippen LogP contribution in [0.25, 0.3) is 0 Å². The van der Waals surface area contributed by atoms with Gasteiger partial charge in [-0.15, -0.1) is 0 Å². The molecule has 0 aromatic heterocycles. The summed E-state index contributed by atoms with van der Waals surface area (Å²) in [5.74, 6) is 1.64. The Balaban J connectivity index is 1.63. The number of benzene rings is 1. The Bertz CT molecular complexity index is 485. The van der Waals surface area contributed by atoms with Crippen molar-refractivity contribution in [1.29, 1.82) is 0 Å². The normalized spacial score (nSPS) is 22.3. The Hall–Kier alpha value is -0.840. The van der Waals surface area contributed by atoms with Crippen molar-refractivity contribution in [3.63, 3.8) is 0 Å². The molecular weight excluding hydrogens is 314 g/mol. The second kappa shape index (κ2) is 8.70. The van der Waals surface area contributed by atoms with Crippen LogP contribution in [0.4, 0.5) is 5.69 Å². The molecule has 122 valence electrons. The zero-order chi connectivity index (χ0) is 15.9. The molecule has 2 rings (SSSR count). The van der Waals surface area contributed by atoms with Crippen LogP contribution in [0.15, 0.2) is 24.3 Å². The molecule has 1 aromatic rings. The third-order valence-corrected chi connectivity index (χ3v) is 4.45. The van der Waals surface area contributed by atoms with Crippen LogP contribution in [0.5, 0.6) is 0 Å². The molecule has 1 fully saturated rings. The standard InChI is InChI=1S/C17H26ClN3S/c1-13-9-14(2)12-21(11-13)8-4-7-19-17(22)20-16-6-3-5-15(18)10-16/h3,5-6,10,13-14H,4,7-9,11-12H2,1-2H3,(H2,19,20,22). The van der Waals surface area contributed by atoms with Gasteiger partial charge in [-0.2, -0.15) is 0 Å². The molecule has 3 nitrogen and oxygen atoms in total. The fourth-order valence-electron chi connectivity index (χ4n) is 3.22. The fraction of sp³-hybridized carbons (Fsp3) is 0.588. The highest BCUT2D eigenvalue weighted by Gasteiger charge is 2.20. The number of anilines is 1. The van der Waals surface area contributed by atoms with Gasteiger partial charge >= 0.3 is 0 Å². The maximum atomic E-state index is 5.96. The minimum absolute atomic E-state index is 0.655. The van der Waals surface area contributed by atoms with Crippen LogP contribution in [0, 0.1) is 11.8 Å². The van der Waals surface area contributed by atoms with Crippen LogP contribution < -0.4 is 10.6 Å². The summed E-state index contributed by atoms with van der Waals surface area (Å²) in [6.45, 7) is 9.20. The molecule has 0 amide bonds. The number of hydrogen-bond donors (Lipinski definition) is 2. The topological polar surface area (TPSA) is 27.3 Å². The van der Waals surface area contributed by atoms with Crippen molar-refractivity contribution in [2.75, 3.05) is 31.5 Å². The molecule has 1 aromatic carbocycles. The second-order valence-corrected chi connectivity index (χ2v) is 7.30. The van der Waals surface area contributed by atoms with Crippen LogP contribution in [0.3, 0.4) is 0 Å². The van der Waals surface area contributed by atoms with E-state index in [9.17, 15) is 0 Å². The summed E-state index contributed by atoms with van der Waals surface area (Å²) >= 11 is 11.3. The van der Waals surface area contributed by atoms with Crippen LogP contribution in [-0.4, -0.2) is 36.2 Å². The van der Waals surface area contributed by atoms with Gasteiger partial charge in [-0.25, -0.2) is 0 Å². The molecule has 0 bridgehead atoms. The van der Waals surface area contributed by atoms with Crippen molar-refractivity contribution in [2.45, 2.75) is 26.7 Å². The van der Waals surface area contributed by atoms with E-state index < -0.39 is 0 Å². The highest BCUT2D eigenvalue weighted by Crippen LogP contribution is 2.20. The lowest BCUT2D eigenvalue weighted by Gasteiger charge is -2.34. The van der Waals surface area contributed by atoms with Crippen molar-refractivity contribution in [1.82, 2.24) is 10.2 Å². The summed E-state index contributed by atoms with van der Waals surface area (Å²) in [5.41, 5.74) is 0.920. The van der Waals surface area contributed by atoms with Gasteiger partial charge < -0.3 is 15.5 Å². The SMILES string of the molecule is CC1CC(C)CN(CCCNC(=S)Nc2cccc(Cl)c2)C1. The lowest BCUT2D eigenvalue weighted by atomic mass is 9.92. The summed E-state index contributed by atoms with van der Waals surface area (Å²) in [7, 11) is 0. The largest absolute Gasteiger partial charge is 0.362 e. The fourth-order valence-corrected chi connectivity index (χ4v) is 3.63. The summed E-state index contributed by atoms with van der Waals surface area (Å²) in [6, 6.07) is 7.58. The maximum Gasteiger partial charge on any atom is 0.170 e.